The maximum atomic E-state index is 8.55. The van der Waals surface area contributed by atoms with Crippen molar-refractivity contribution < 1.29 is 110 Å². The van der Waals surface area contributed by atoms with E-state index in [-0.39, 0.29) is 90.7 Å². The van der Waals surface area contributed by atoms with Crippen LogP contribution in [0.4, 0.5) is 0 Å². The third kappa shape index (κ3) is 125. The van der Waals surface area contributed by atoms with Crippen molar-refractivity contribution in [2.75, 3.05) is 0 Å². The van der Waals surface area contributed by atoms with Gasteiger partial charge in [-0.2, -0.15) is 7.82 Å². The molecule has 0 aliphatic heterocycles. The molecule has 0 aromatic carbocycles. The Morgan fingerprint density at radius 3 is 0.800 bits per heavy atom. The van der Waals surface area contributed by atoms with Crippen molar-refractivity contribution >= 4 is 7.82 Å². The van der Waals surface area contributed by atoms with Crippen molar-refractivity contribution in [3.8, 4) is 0 Å². The predicted molar refractivity (Wildman–Crippen MR) is 7.61 cm³/mol. The smallest absolute Gasteiger partial charge is 0.822 e. The fourth-order valence-electron chi connectivity index (χ4n) is 0. The maximum Gasteiger partial charge on any atom is 1.00 e. The van der Waals surface area contributed by atoms with Crippen LogP contribution in [0, 0.1) is 0 Å². The van der Waals surface area contributed by atoms with Gasteiger partial charge in [0.05, 0.1) is 0 Å². The second-order valence-corrected chi connectivity index (χ2v) is 1.34. The van der Waals surface area contributed by atoms with E-state index in [0.717, 1.165) is 0 Å². The van der Waals surface area contributed by atoms with Crippen molar-refractivity contribution in [1.29, 1.82) is 0 Å². The van der Waals surface area contributed by atoms with Gasteiger partial charge >= 0.3 is 56.6 Å². The molecule has 0 amide bonds. The average Bonchev–Trinajstić information content (AvgIpc) is 0.722. The Morgan fingerprint density at radius 2 is 0.800 bits per heavy atom. The minimum Gasteiger partial charge on any atom is -0.822 e. The molecule has 4 nitrogen and oxygen atoms in total. The molecule has 0 fully saturated rings. The molecular formula is Fe2Li3O4P. The van der Waals surface area contributed by atoms with Gasteiger partial charge in [-0.05, 0) is 0 Å². The molecule has 0 atom stereocenters. The summed E-state index contributed by atoms with van der Waals surface area (Å²) in [6, 6.07) is 0. The fourth-order valence-corrected chi connectivity index (χ4v) is 0. The molecule has 0 aliphatic carbocycles. The normalized spacial score (nSPS) is 5.90. The van der Waals surface area contributed by atoms with Gasteiger partial charge < -0.3 is 19.2 Å². The summed E-state index contributed by atoms with van der Waals surface area (Å²) in [6.45, 7) is 0. The molecule has 0 rings (SSSR count). The Bertz CT molecular complexity index is 64.6. The number of phosphoric acid groups is 1. The largest absolute Gasteiger partial charge is 1.00 e. The Hall–Kier alpha value is 2.94. The number of hydrogen-bond donors (Lipinski definition) is 0. The van der Waals surface area contributed by atoms with E-state index in [9.17, 15) is 0 Å². The molecule has 0 aromatic heterocycles. The molecule has 0 radical (unpaired) electrons. The van der Waals surface area contributed by atoms with Crippen LogP contribution in [0.2, 0.25) is 0 Å². The van der Waals surface area contributed by atoms with Gasteiger partial charge in [-0.15, -0.1) is 0 Å². The van der Waals surface area contributed by atoms with E-state index in [1.54, 1.807) is 0 Å². The van der Waals surface area contributed by atoms with Crippen LogP contribution in [-0.2, 0) is 38.7 Å². The molecule has 0 unspecified atom stereocenters. The topological polar surface area (TPSA) is 86.2 Å². The van der Waals surface area contributed by atoms with Crippen molar-refractivity contribution in [3.05, 3.63) is 0 Å². The molecule has 0 spiro atoms. The van der Waals surface area contributed by atoms with Crippen LogP contribution in [0.15, 0.2) is 0 Å². The monoisotopic (exact) mass is 228 g/mol. The van der Waals surface area contributed by atoms with E-state index < -0.39 is 7.82 Å². The van der Waals surface area contributed by atoms with Gasteiger partial charge in [-0.3, -0.25) is 0 Å². The summed E-state index contributed by atoms with van der Waals surface area (Å²) in [5, 5.41) is 0. The standard InChI is InChI=1S/2Fe.3Li.H3O4P/c;;;;;1-5(2,3)4/h;;;;;(H3,1,2,3,4)/q;;3*+1;/p-3. The minimum atomic E-state index is -5.39. The molecule has 10 heavy (non-hydrogen) atoms. The van der Waals surface area contributed by atoms with Crippen molar-refractivity contribution in [2.45, 2.75) is 0 Å². The van der Waals surface area contributed by atoms with Crippen LogP contribution in [0.5, 0.6) is 0 Å². The van der Waals surface area contributed by atoms with Crippen molar-refractivity contribution in [3.63, 3.8) is 0 Å². The molecule has 0 heterocycles. The quantitative estimate of drug-likeness (QED) is 0.304. The molecule has 0 saturated heterocycles. The zero-order chi connectivity index (χ0) is 4.50. The zero-order valence-electron chi connectivity index (χ0n) is 5.79. The van der Waals surface area contributed by atoms with E-state index >= 15 is 0 Å². The SMILES string of the molecule is O=P([O-])([O-])[O-].[Fe].[Fe].[Li+].[Li+].[Li+]. The van der Waals surface area contributed by atoms with Gasteiger partial charge in [0.15, 0.2) is 0 Å². The predicted octanol–water partition coefficient (Wildman–Crippen LogP) is -11.8. The summed E-state index contributed by atoms with van der Waals surface area (Å²) in [5.74, 6) is 0. The van der Waals surface area contributed by atoms with E-state index in [0.29, 0.717) is 0 Å². The van der Waals surface area contributed by atoms with Crippen LogP contribution in [0.1, 0.15) is 0 Å². The summed E-state index contributed by atoms with van der Waals surface area (Å²) in [4.78, 5) is 25.6. The first kappa shape index (κ1) is 38.3. The van der Waals surface area contributed by atoms with E-state index in [4.69, 9.17) is 19.2 Å². The Morgan fingerprint density at radius 1 is 0.800 bits per heavy atom. The molecular weight excluding hydrogens is 227 g/mol. The van der Waals surface area contributed by atoms with Crippen LogP contribution in [0.25, 0.3) is 0 Å². The Labute approximate surface area is 116 Å². The van der Waals surface area contributed by atoms with Crippen LogP contribution in [-0.4, -0.2) is 0 Å². The van der Waals surface area contributed by atoms with Gasteiger partial charge in [-0.25, -0.2) is 0 Å². The van der Waals surface area contributed by atoms with Crippen LogP contribution >= 0.6 is 7.82 Å². The Kier molecular flexibility index (Phi) is 68.5. The van der Waals surface area contributed by atoms with Crippen LogP contribution < -0.4 is 71.3 Å². The van der Waals surface area contributed by atoms with Crippen LogP contribution in [0.3, 0.4) is 0 Å². The first-order chi connectivity index (χ1) is 2.00. The van der Waals surface area contributed by atoms with Gasteiger partial charge in [-0.1, -0.05) is 0 Å². The van der Waals surface area contributed by atoms with E-state index in [1.807, 2.05) is 0 Å². The summed E-state index contributed by atoms with van der Waals surface area (Å²) in [6.07, 6.45) is 0. The van der Waals surface area contributed by atoms with Crippen molar-refractivity contribution in [2.24, 2.45) is 0 Å². The third-order valence-electron chi connectivity index (χ3n) is 0. The second kappa shape index (κ2) is 17.9. The minimum absolute atomic E-state index is 0. The number of rotatable bonds is 0. The summed E-state index contributed by atoms with van der Waals surface area (Å²) in [5.41, 5.74) is 0. The van der Waals surface area contributed by atoms with Crippen molar-refractivity contribution in [1.82, 2.24) is 0 Å². The molecule has 48 valence electrons. The summed E-state index contributed by atoms with van der Waals surface area (Å²) >= 11 is 0. The fraction of sp³-hybridized carbons (Fsp3) is 0. The first-order valence-corrected chi connectivity index (χ1v) is 2.19. The molecule has 10 heteroatoms. The number of hydrogen-bond acceptors (Lipinski definition) is 4. The second-order valence-electron chi connectivity index (χ2n) is 0.447. The maximum absolute atomic E-state index is 8.55. The molecule has 0 saturated carbocycles. The molecule has 0 aromatic rings. The third-order valence-corrected chi connectivity index (χ3v) is 0. The average molecular weight is 227 g/mol. The van der Waals surface area contributed by atoms with Gasteiger partial charge in [0.2, 0.25) is 0 Å². The van der Waals surface area contributed by atoms with E-state index in [2.05, 4.69) is 0 Å². The van der Waals surface area contributed by atoms with E-state index in [1.165, 1.54) is 0 Å². The molecule has 0 N–H and O–H groups in total. The van der Waals surface area contributed by atoms with Gasteiger partial charge in [0.1, 0.15) is 0 Å². The molecule has 0 aliphatic rings. The Balaban J connectivity index is -0.00000000800. The summed E-state index contributed by atoms with van der Waals surface area (Å²) in [7, 11) is -5.39. The first-order valence-electron chi connectivity index (χ1n) is 0.730. The zero-order valence-corrected chi connectivity index (χ0v) is 8.89. The summed E-state index contributed by atoms with van der Waals surface area (Å²) < 4.78 is 8.55. The van der Waals surface area contributed by atoms with Gasteiger partial charge in [0, 0.05) is 34.1 Å². The van der Waals surface area contributed by atoms with Gasteiger partial charge in [0.25, 0.3) is 0 Å². The molecule has 0 bridgehead atoms.